The molecule has 0 saturated carbocycles. The van der Waals surface area contributed by atoms with Crippen LogP contribution in [-0.4, -0.2) is 0 Å². The summed E-state index contributed by atoms with van der Waals surface area (Å²) in [6.07, 6.45) is 2.93. The smallest absolute Gasteiger partial charge is 0.0834 e. The molecule has 0 spiro atoms. The molecule has 0 aliphatic rings. The second kappa shape index (κ2) is 6.82. The highest BCUT2D eigenvalue weighted by Gasteiger charge is 2.33. The van der Waals surface area contributed by atoms with Gasteiger partial charge in [0, 0.05) is 6.42 Å². The molecule has 2 heteroatoms. The highest BCUT2D eigenvalue weighted by Crippen LogP contribution is 2.36. The van der Waals surface area contributed by atoms with Crippen molar-refractivity contribution < 1.29 is 0 Å². The minimum Gasteiger partial charge on any atom is -0.198 e. The molecule has 0 radical (unpaired) electrons. The largest absolute Gasteiger partial charge is 0.198 e. The fourth-order valence-electron chi connectivity index (χ4n) is 2.30. The van der Waals surface area contributed by atoms with Gasteiger partial charge in [-0.25, -0.2) is 0 Å². The van der Waals surface area contributed by atoms with Crippen molar-refractivity contribution >= 4 is 0 Å². The fourth-order valence-corrected chi connectivity index (χ4v) is 2.30. The van der Waals surface area contributed by atoms with Gasteiger partial charge >= 0.3 is 0 Å². The lowest BCUT2D eigenvalue weighted by Gasteiger charge is -2.29. The number of hydrogen-bond donors (Lipinski definition) is 0. The Morgan fingerprint density at radius 1 is 1.22 bits per heavy atom. The molecule has 0 heterocycles. The molecular formula is C16H20N2. The van der Waals surface area contributed by atoms with E-state index in [-0.39, 0.29) is 0 Å². The van der Waals surface area contributed by atoms with E-state index in [1.807, 2.05) is 30.3 Å². The lowest BCUT2D eigenvalue weighted by atomic mass is 9.72. The van der Waals surface area contributed by atoms with Crippen molar-refractivity contribution in [1.29, 1.82) is 10.5 Å². The summed E-state index contributed by atoms with van der Waals surface area (Å²) in [5.41, 5.74) is 0.537. The zero-order valence-electron chi connectivity index (χ0n) is 11.2. The Morgan fingerprint density at radius 3 is 2.39 bits per heavy atom. The van der Waals surface area contributed by atoms with Crippen LogP contribution in [0.25, 0.3) is 0 Å². The molecule has 2 atom stereocenters. The van der Waals surface area contributed by atoms with Gasteiger partial charge in [0.15, 0.2) is 0 Å². The second-order valence-electron chi connectivity index (χ2n) is 4.94. The van der Waals surface area contributed by atoms with Gasteiger partial charge in [-0.1, -0.05) is 50.6 Å². The van der Waals surface area contributed by atoms with Gasteiger partial charge < -0.3 is 0 Å². The Hall–Kier alpha value is -1.80. The third-order valence-electron chi connectivity index (χ3n) is 3.60. The first-order valence-corrected chi connectivity index (χ1v) is 6.52. The van der Waals surface area contributed by atoms with Crippen LogP contribution in [-0.2, 0) is 5.41 Å². The van der Waals surface area contributed by atoms with E-state index in [1.54, 1.807) is 0 Å². The third kappa shape index (κ3) is 3.34. The van der Waals surface area contributed by atoms with Crippen LogP contribution in [0.1, 0.15) is 45.1 Å². The first kappa shape index (κ1) is 14.3. The summed E-state index contributed by atoms with van der Waals surface area (Å²) in [7, 11) is 0. The van der Waals surface area contributed by atoms with Gasteiger partial charge in [-0.15, -0.1) is 0 Å². The average Bonchev–Trinajstić information content (AvgIpc) is 2.44. The van der Waals surface area contributed by atoms with Gasteiger partial charge in [-0.2, -0.15) is 10.5 Å². The molecule has 0 amide bonds. The maximum atomic E-state index is 9.64. The number of nitriles is 2. The summed E-state index contributed by atoms with van der Waals surface area (Å²) in [6, 6.07) is 14.5. The van der Waals surface area contributed by atoms with Gasteiger partial charge in [0.25, 0.3) is 0 Å². The molecular weight excluding hydrogens is 220 g/mol. The molecule has 0 aliphatic carbocycles. The van der Waals surface area contributed by atoms with E-state index in [0.717, 1.165) is 18.4 Å². The van der Waals surface area contributed by atoms with Crippen molar-refractivity contribution in [2.24, 2.45) is 5.92 Å². The molecule has 0 N–H and O–H groups in total. The van der Waals surface area contributed by atoms with Gasteiger partial charge in [-0.05, 0) is 24.3 Å². The lowest BCUT2D eigenvalue weighted by Crippen LogP contribution is -2.26. The molecule has 1 rings (SSSR count). The predicted molar refractivity (Wildman–Crippen MR) is 72.7 cm³/mol. The molecule has 0 bridgehead atoms. The minimum absolute atomic E-state index is 0.429. The Kier molecular flexibility index (Phi) is 5.40. The number of hydrogen-bond acceptors (Lipinski definition) is 2. The van der Waals surface area contributed by atoms with Crippen molar-refractivity contribution in [3.05, 3.63) is 35.9 Å². The molecule has 2 nitrogen and oxygen atoms in total. The third-order valence-corrected chi connectivity index (χ3v) is 3.60. The van der Waals surface area contributed by atoms with Crippen LogP contribution in [0.3, 0.4) is 0 Å². The first-order chi connectivity index (χ1) is 8.68. The topological polar surface area (TPSA) is 47.6 Å². The van der Waals surface area contributed by atoms with Crippen LogP contribution >= 0.6 is 0 Å². The van der Waals surface area contributed by atoms with Crippen molar-refractivity contribution in [2.75, 3.05) is 0 Å². The molecule has 94 valence electrons. The van der Waals surface area contributed by atoms with E-state index in [0.29, 0.717) is 18.8 Å². The van der Waals surface area contributed by atoms with Crippen LogP contribution < -0.4 is 0 Å². The molecule has 18 heavy (non-hydrogen) atoms. The second-order valence-corrected chi connectivity index (χ2v) is 4.94. The van der Waals surface area contributed by atoms with Crippen molar-refractivity contribution in [1.82, 2.24) is 0 Å². The van der Waals surface area contributed by atoms with E-state index >= 15 is 0 Å². The number of nitrogens with zero attached hydrogens (tertiary/aromatic N) is 2. The van der Waals surface area contributed by atoms with E-state index < -0.39 is 5.41 Å². The summed E-state index contributed by atoms with van der Waals surface area (Å²) in [6.45, 7) is 4.31. The molecule has 0 aromatic heterocycles. The maximum Gasteiger partial charge on any atom is 0.0834 e. The van der Waals surface area contributed by atoms with Gasteiger partial charge in [0.1, 0.15) is 0 Å². The SMILES string of the molecule is CC[C@H](C)C[C@](C#N)(CCC#N)c1ccccc1. The average molecular weight is 240 g/mol. The van der Waals surface area contributed by atoms with Crippen LogP contribution in [0, 0.1) is 28.6 Å². The van der Waals surface area contributed by atoms with Gasteiger partial charge in [0.2, 0.25) is 0 Å². The summed E-state index contributed by atoms with van der Waals surface area (Å²) in [4.78, 5) is 0. The zero-order valence-corrected chi connectivity index (χ0v) is 11.2. The Balaban J connectivity index is 3.07. The van der Waals surface area contributed by atoms with Crippen LogP contribution in [0.4, 0.5) is 0 Å². The Labute approximate surface area is 110 Å². The molecule has 1 aromatic rings. The maximum absolute atomic E-state index is 9.64. The highest BCUT2D eigenvalue weighted by atomic mass is 14.4. The normalized spacial score (nSPS) is 15.1. The van der Waals surface area contributed by atoms with E-state index in [1.165, 1.54) is 0 Å². The van der Waals surface area contributed by atoms with E-state index in [4.69, 9.17) is 5.26 Å². The van der Waals surface area contributed by atoms with Crippen LogP contribution in [0.2, 0.25) is 0 Å². The standard InChI is InChI=1S/C16H20N2/c1-3-14(2)12-16(13-18,10-7-11-17)15-8-5-4-6-9-15/h4-6,8-9,14H,3,7,10,12H2,1-2H3/t14-,16-/m0/s1. The summed E-state index contributed by atoms with van der Waals surface area (Å²) in [5, 5.41) is 18.4. The minimum atomic E-state index is -0.508. The van der Waals surface area contributed by atoms with Crippen molar-refractivity contribution in [3.8, 4) is 12.1 Å². The Bertz CT molecular complexity index is 438. The quantitative estimate of drug-likeness (QED) is 0.748. The van der Waals surface area contributed by atoms with Crippen molar-refractivity contribution in [2.45, 2.75) is 44.9 Å². The molecule has 0 unspecified atom stereocenters. The number of rotatable bonds is 6. The first-order valence-electron chi connectivity index (χ1n) is 6.52. The van der Waals surface area contributed by atoms with Crippen molar-refractivity contribution in [3.63, 3.8) is 0 Å². The Morgan fingerprint density at radius 2 is 1.89 bits per heavy atom. The summed E-state index contributed by atoms with van der Waals surface area (Å²) < 4.78 is 0. The summed E-state index contributed by atoms with van der Waals surface area (Å²) >= 11 is 0. The molecule has 0 aliphatic heterocycles. The monoisotopic (exact) mass is 240 g/mol. The zero-order chi connectivity index (χ0) is 13.4. The lowest BCUT2D eigenvalue weighted by molar-refractivity contribution is 0.372. The highest BCUT2D eigenvalue weighted by molar-refractivity contribution is 5.32. The van der Waals surface area contributed by atoms with Gasteiger partial charge in [0.05, 0.1) is 17.6 Å². The fraction of sp³-hybridized carbons (Fsp3) is 0.500. The molecule has 0 fully saturated rings. The summed E-state index contributed by atoms with van der Waals surface area (Å²) in [5.74, 6) is 0.489. The van der Waals surface area contributed by atoms with E-state index in [9.17, 15) is 5.26 Å². The molecule has 1 aromatic carbocycles. The predicted octanol–water partition coefficient (Wildman–Crippen LogP) is 4.19. The molecule has 0 saturated heterocycles. The van der Waals surface area contributed by atoms with Gasteiger partial charge in [-0.3, -0.25) is 0 Å². The van der Waals surface area contributed by atoms with Crippen LogP contribution in [0.15, 0.2) is 30.3 Å². The van der Waals surface area contributed by atoms with Crippen LogP contribution in [0.5, 0.6) is 0 Å². The number of benzene rings is 1. The van der Waals surface area contributed by atoms with E-state index in [2.05, 4.69) is 26.0 Å².